The first-order chi connectivity index (χ1) is 7.37. The van der Waals surface area contributed by atoms with Crippen molar-refractivity contribution in [3.8, 4) is 0 Å². The minimum atomic E-state index is -4.14. The van der Waals surface area contributed by atoms with Gasteiger partial charge in [0, 0.05) is 12.6 Å². The predicted molar refractivity (Wildman–Crippen MR) is 55.6 cm³/mol. The van der Waals surface area contributed by atoms with Crippen LogP contribution in [0.1, 0.15) is 19.0 Å². The summed E-state index contributed by atoms with van der Waals surface area (Å²) in [5, 5.41) is 2.75. The third kappa shape index (κ3) is 4.97. The van der Waals surface area contributed by atoms with Gasteiger partial charge in [0.05, 0.1) is 24.0 Å². The number of nitrogen functional groups attached to an aromatic ring is 1. The number of nitrogens with two attached hydrogens (primary N) is 1. The maximum absolute atomic E-state index is 12.0. The Morgan fingerprint density at radius 3 is 2.62 bits per heavy atom. The van der Waals surface area contributed by atoms with Crippen molar-refractivity contribution in [3.05, 3.63) is 24.0 Å². The third-order valence-electron chi connectivity index (χ3n) is 2.02. The molecule has 16 heavy (non-hydrogen) atoms. The summed E-state index contributed by atoms with van der Waals surface area (Å²) >= 11 is 0. The van der Waals surface area contributed by atoms with E-state index in [0.29, 0.717) is 17.9 Å². The summed E-state index contributed by atoms with van der Waals surface area (Å²) < 4.78 is 36.0. The molecule has 1 atom stereocenters. The molecule has 1 aromatic rings. The molecule has 6 heteroatoms. The van der Waals surface area contributed by atoms with Crippen molar-refractivity contribution in [2.24, 2.45) is 0 Å². The predicted octanol–water partition coefficient (Wildman–Crippen LogP) is 2.09. The molecule has 1 unspecified atom stereocenters. The number of alkyl halides is 3. The fourth-order valence-electron chi connectivity index (χ4n) is 1.24. The van der Waals surface area contributed by atoms with Gasteiger partial charge in [-0.3, -0.25) is 4.98 Å². The first-order valence-electron chi connectivity index (χ1n) is 4.87. The smallest absolute Gasteiger partial charge is 0.390 e. The number of nitrogens with zero attached hydrogens (tertiary/aromatic N) is 1. The molecule has 0 aliphatic rings. The van der Waals surface area contributed by atoms with Gasteiger partial charge >= 0.3 is 6.18 Å². The van der Waals surface area contributed by atoms with E-state index in [1.807, 2.05) is 0 Å². The van der Waals surface area contributed by atoms with Crippen LogP contribution in [-0.2, 0) is 6.54 Å². The first-order valence-corrected chi connectivity index (χ1v) is 4.87. The van der Waals surface area contributed by atoms with Crippen molar-refractivity contribution in [2.45, 2.75) is 32.1 Å². The van der Waals surface area contributed by atoms with Crippen LogP contribution in [0.2, 0.25) is 0 Å². The Morgan fingerprint density at radius 2 is 2.12 bits per heavy atom. The molecule has 1 aromatic heterocycles. The van der Waals surface area contributed by atoms with Crippen LogP contribution in [0.3, 0.4) is 0 Å². The second kappa shape index (κ2) is 5.16. The normalized spacial score (nSPS) is 13.8. The molecule has 3 N–H and O–H groups in total. The Hall–Kier alpha value is -1.30. The first kappa shape index (κ1) is 12.8. The van der Waals surface area contributed by atoms with Gasteiger partial charge < -0.3 is 11.1 Å². The minimum Gasteiger partial charge on any atom is -0.397 e. The standard InChI is InChI=1S/C10H14F3N3/c1-7(4-10(11,12)13)15-6-9-3-2-8(14)5-16-9/h2-3,5,7,15H,4,6,14H2,1H3. The van der Waals surface area contributed by atoms with Crippen molar-refractivity contribution < 1.29 is 13.2 Å². The van der Waals surface area contributed by atoms with Gasteiger partial charge in [0.2, 0.25) is 0 Å². The van der Waals surface area contributed by atoms with Crippen LogP contribution in [0.4, 0.5) is 18.9 Å². The van der Waals surface area contributed by atoms with E-state index < -0.39 is 18.6 Å². The van der Waals surface area contributed by atoms with Gasteiger partial charge in [0.15, 0.2) is 0 Å². The molecule has 0 aliphatic heterocycles. The molecule has 0 saturated carbocycles. The zero-order chi connectivity index (χ0) is 12.2. The van der Waals surface area contributed by atoms with E-state index in [2.05, 4.69) is 10.3 Å². The van der Waals surface area contributed by atoms with Crippen molar-refractivity contribution in [1.82, 2.24) is 10.3 Å². The molecule has 0 bridgehead atoms. The highest BCUT2D eigenvalue weighted by Gasteiger charge is 2.29. The summed E-state index contributed by atoms with van der Waals surface area (Å²) in [6.45, 7) is 1.79. The van der Waals surface area contributed by atoms with Crippen LogP contribution < -0.4 is 11.1 Å². The second-order valence-electron chi connectivity index (χ2n) is 3.68. The number of rotatable bonds is 4. The Morgan fingerprint density at radius 1 is 1.44 bits per heavy atom. The van der Waals surface area contributed by atoms with Gasteiger partial charge in [0.1, 0.15) is 0 Å². The number of halogens is 3. The van der Waals surface area contributed by atoms with Gasteiger partial charge in [-0.2, -0.15) is 13.2 Å². The molecule has 0 amide bonds. The van der Waals surface area contributed by atoms with Crippen LogP contribution in [0.5, 0.6) is 0 Å². The molecule has 0 aliphatic carbocycles. The van der Waals surface area contributed by atoms with Crippen LogP contribution in [-0.4, -0.2) is 17.2 Å². The lowest BCUT2D eigenvalue weighted by molar-refractivity contribution is -0.139. The van der Waals surface area contributed by atoms with Gasteiger partial charge in [-0.25, -0.2) is 0 Å². The molecular formula is C10H14F3N3. The zero-order valence-electron chi connectivity index (χ0n) is 8.88. The quantitative estimate of drug-likeness (QED) is 0.837. The average molecular weight is 233 g/mol. The fourth-order valence-corrected chi connectivity index (χ4v) is 1.24. The molecular weight excluding hydrogens is 219 g/mol. The second-order valence-corrected chi connectivity index (χ2v) is 3.68. The van der Waals surface area contributed by atoms with E-state index in [0.717, 1.165) is 0 Å². The number of hydrogen-bond acceptors (Lipinski definition) is 3. The SMILES string of the molecule is CC(CC(F)(F)F)NCc1ccc(N)cn1. The van der Waals surface area contributed by atoms with E-state index >= 15 is 0 Å². The molecule has 90 valence electrons. The Kier molecular flexibility index (Phi) is 4.12. The van der Waals surface area contributed by atoms with Crippen molar-refractivity contribution in [3.63, 3.8) is 0 Å². The van der Waals surface area contributed by atoms with Crippen LogP contribution in [0.25, 0.3) is 0 Å². The summed E-state index contributed by atoms with van der Waals surface area (Å²) in [6, 6.07) is 2.72. The Bertz CT molecular complexity index is 321. The fraction of sp³-hybridized carbons (Fsp3) is 0.500. The summed E-state index contributed by atoms with van der Waals surface area (Å²) in [6.07, 6.45) is -3.51. The summed E-state index contributed by atoms with van der Waals surface area (Å²) in [5.74, 6) is 0. The molecule has 3 nitrogen and oxygen atoms in total. The lowest BCUT2D eigenvalue weighted by Crippen LogP contribution is -2.30. The molecule has 0 radical (unpaired) electrons. The summed E-state index contributed by atoms with van der Waals surface area (Å²) in [7, 11) is 0. The molecule has 1 rings (SSSR count). The van der Waals surface area contributed by atoms with Gasteiger partial charge in [-0.15, -0.1) is 0 Å². The van der Waals surface area contributed by atoms with E-state index in [-0.39, 0.29) is 0 Å². The highest BCUT2D eigenvalue weighted by molar-refractivity contribution is 5.34. The Labute approximate surface area is 91.9 Å². The number of anilines is 1. The maximum Gasteiger partial charge on any atom is 0.390 e. The van der Waals surface area contributed by atoms with Crippen LogP contribution in [0.15, 0.2) is 18.3 Å². The highest BCUT2D eigenvalue weighted by atomic mass is 19.4. The van der Waals surface area contributed by atoms with Crippen LogP contribution in [0, 0.1) is 0 Å². The summed E-state index contributed by atoms with van der Waals surface area (Å²) in [5.41, 5.74) is 6.64. The third-order valence-corrected chi connectivity index (χ3v) is 2.02. The number of pyridine rings is 1. The summed E-state index contributed by atoms with van der Waals surface area (Å²) in [4.78, 5) is 3.98. The Balaban J connectivity index is 2.37. The van der Waals surface area contributed by atoms with Gasteiger partial charge in [-0.1, -0.05) is 0 Å². The minimum absolute atomic E-state index is 0.303. The van der Waals surface area contributed by atoms with E-state index in [9.17, 15) is 13.2 Å². The average Bonchev–Trinajstić information content (AvgIpc) is 2.14. The number of nitrogens with one attached hydrogen (secondary N) is 1. The van der Waals surface area contributed by atoms with Gasteiger partial charge in [-0.05, 0) is 19.1 Å². The highest BCUT2D eigenvalue weighted by Crippen LogP contribution is 2.21. The molecule has 0 spiro atoms. The zero-order valence-corrected chi connectivity index (χ0v) is 8.88. The molecule has 0 fully saturated rings. The van der Waals surface area contributed by atoms with Crippen LogP contribution >= 0.6 is 0 Å². The molecule has 0 saturated heterocycles. The molecule has 1 heterocycles. The largest absolute Gasteiger partial charge is 0.397 e. The van der Waals surface area contributed by atoms with Crippen molar-refractivity contribution >= 4 is 5.69 Å². The van der Waals surface area contributed by atoms with Crippen molar-refractivity contribution in [2.75, 3.05) is 5.73 Å². The van der Waals surface area contributed by atoms with E-state index in [1.165, 1.54) is 13.1 Å². The molecule has 0 aromatic carbocycles. The topological polar surface area (TPSA) is 50.9 Å². The van der Waals surface area contributed by atoms with E-state index in [1.54, 1.807) is 12.1 Å². The van der Waals surface area contributed by atoms with Crippen molar-refractivity contribution in [1.29, 1.82) is 0 Å². The number of hydrogen-bond donors (Lipinski definition) is 2. The lowest BCUT2D eigenvalue weighted by atomic mass is 10.2. The lowest BCUT2D eigenvalue weighted by Gasteiger charge is -2.15. The van der Waals surface area contributed by atoms with Gasteiger partial charge in [0.25, 0.3) is 0 Å². The number of aromatic nitrogens is 1. The maximum atomic E-state index is 12.0. The van der Waals surface area contributed by atoms with E-state index in [4.69, 9.17) is 5.73 Å². The monoisotopic (exact) mass is 233 g/mol.